The van der Waals surface area contributed by atoms with Crippen molar-refractivity contribution in [3.63, 3.8) is 0 Å². The van der Waals surface area contributed by atoms with Gasteiger partial charge in [-0.1, -0.05) is 18.2 Å². The summed E-state index contributed by atoms with van der Waals surface area (Å²) in [5.74, 6) is -1.77. The summed E-state index contributed by atoms with van der Waals surface area (Å²) in [5, 5.41) is 23.8. The van der Waals surface area contributed by atoms with E-state index >= 15 is 0 Å². The van der Waals surface area contributed by atoms with Crippen molar-refractivity contribution < 1.29 is 27.9 Å². The van der Waals surface area contributed by atoms with Crippen LogP contribution in [0.15, 0.2) is 35.2 Å². The minimum Gasteiger partial charge on any atom is -0.394 e. The summed E-state index contributed by atoms with van der Waals surface area (Å²) in [6.07, 6.45) is 1.29. The van der Waals surface area contributed by atoms with Crippen molar-refractivity contribution in [2.75, 3.05) is 13.2 Å². The molecule has 0 bridgehead atoms. The van der Waals surface area contributed by atoms with Crippen LogP contribution in [0.3, 0.4) is 0 Å². The van der Waals surface area contributed by atoms with E-state index in [9.17, 15) is 27.9 Å². The van der Waals surface area contributed by atoms with E-state index < -0.39 is 46.6 Å². The van der Waals surface area contributed by atoms with Crippen molar-refractivity contribution in [2.24, 2.45) is 5.73 Å². The molecule has 0 aliphatic carbocycles. The average molecular weight is 457 g/mol. The van der Waals surface area contributed by atoms with E-state index in [0.717, 1.165) is 0 Å². The lowest BCUT2D eigenvalue weighted by Gasteiger charge is -2.21. The maximum Gasteiger partial charge on any atom is 0.242 e. The second-order valence-electron chi connectivity index (χ2n) is 6.63. The molecule has 31 heavy (non-hydrogen) atoms. The molecule has 8 N–H and O–H groups in total. The molecule has 0 aliphatic heterocycles. The molecule has 1 rings (SSSR count). The van der Waals surface area contributed by atoms with Crippen LogP contribution in [0.25, 0.3) is 0 Å². The molecule has 172 valence electrons. The quantitative estimate of drug-likeness (QED) is 0.0747. The highest BCUT2D eigenvalue weighted by atomic mass is 32.2. The van der Waals surface area contributed by atoms with Gasteiger partial charge in [0, 0.05) is 6.54 Å². The third kappa shape index (κ3) is 9.11. The molecule has 0 unspecified atom stereocenters. The SMILES string of the molecule is C[C@H](NC(=O)[C@@H](CO)NS(=O)(=O)c1ccccc1)C(=O)N[C@H](C=O)CCCNC(=N)N. The Bertz CT molecular complexity index is 864. The van der Waals surface area contributed by atoms with Gasteiger partial charge in [0.25, 0.3) is 0 Å². The first kappa shape index (κ1) is 26.0. The summed E-state index contributed by atoms with van der Waals surface area (Å²) in [6, 6.07) is 3.88. The average Bonchev–Trinajstić information content (AvgIpc) is 2.74. The van der Waals surface area contributed by atoms with Crippen LogP contribution >= 0.6 is 0 Å². The van der Waals surface area contributed by atoms with Gasteiger partial charge in [-0.3, -0.25) is 15.0 Å². The van der Waals surface area contributed by atoms with Gasteiger partial charge in [0.05, 0.1) is 17.5 Å². The Balaban J connectivity index is 2.62. The maximum atomic E-state index is 12.3. The van der Waals surface area contributed by atoms with Gasteiger partial charge in [0.1, 0.15) is 18.4 Å². The van der Waals surface area contributed by atoms with Crippen molar-refractivity contribution >= 4 is 34.1 Å². The first-order valence-corrected chi connectivity index (χ1v) is 10.9. The van der Waals surface area contributed by atoms with E-state index in [1.165, 1.54) is 31.2 Å². The van der Waals surface area contributed by atoms with Crippen molar-refractivity contribution in [1.82, 2.24) is 20.7 Å². The number of carbonyl (C=O) groups is 3. The molecule has 1 aromatic carbocycles. The largest absolute Gasteiger partial charge is 0.394 e. The molecule has 0 fully saturated rings. The Hall–Kier alpha value is -3.03. The number of nitrogens with one attached hydrogen (secondary N) is 5. The van der Waals surface area contributed by atoms with Crippen molar-refractivity contribution in [3.8, 4) is 0 Å². The lowest BCUT2D eigenvalue weighted by molar-refractivity contribution is -0.130. The molecule has 0 aliphatic rings. The number of nitrogens with two attached hydrogens (primary N) is 1. The number of benzene rings is 1. The number of aldehydes is 1. The van der Waals surface area contributed by atoms with Crippen molar-refractivity contribution in [1.29, 1.82) is 5.41 Å². The van der Waals surface area contributed by atoms with Gasteiger partial charge >= 0.3 is 0 Å². The number of guanidine groups is 1. The summed E-state index contributed by atoms with van der Waals surface area (Å²) in [4.78, 5) is 35.7. The monoisotopic (exact) mass is 456 g/mol. The van der Waals surface area contributed by atoms with Crippen LogP contribution in [0.1, 0.15) is 19.8 Å². The van der Waals surface area contributed by atoms with Gasteiger partial charge in [-0.25, -0.2) is 8.42 Å². The topological polar surface area (TPSA) is 204 Å². The zero-order valence-electron chi connectivity index (χ0n) is 17.0. The zero-order chi connectivity index (χ0) is 23.4. The molecular weight excluding hydrogens is 428 g/mol. The molecule has 3 atom stereocenters. The molecule has 12 nitrogen and oxygen atoms in total. The highest BCUT2D eigenvalue weighted by Gasteiger charge is 2.27. The second-order valence-corrected chi connectivity index (χ2v) is 8.35. The predicted molar refractivity (Wildman–Crippen MR) is 112 cm³/mol. The van der Waals surface area contributed by atoms with Crippen molar-refractivity contribution in [3.05, 3.63) is 30.3 Å². The predicted octanol–water partition coefficient (Wildman–Crippen LogP) is -2.22. The van der Waals surface area contributed by atoms with Gasteiger partial charge in [-0.2, -0.15) is 4.72 Å². The van der Waals surface area contributed by atoms with Crippen LogP contribution in [0.5, 0.6) is 0 Å². The number of sulfonamides is 1. The van der Waals surface area contributed by atoms with Crippen LogP contribution in [-0.4, -0.2) is 68.9 Å². The number of aliphatic hydroxyl groups excluding tert-OH is 1. The highest BCUT2D eigenvalue weighted by Crippen LogP contribution is 2.08. The molecule has 1 aromatic rings. The van der Waals surface area contributed by atoms with Crippen molar-refractivity contribution in [2.45, 2.75) is 42.8 Å². The molecule has 2 amide bonds. The molecule has 0 aromatic heterocycles. The Morgan fingerprint density at radius 3 is 2.39 bits per heavy atom. The Morgan fingerprint density at radius 2 is 1.84 bits per heavy atom. The Morgan fingerprint density at radius 1 is 1.19 bits per heavy atom. The van der Waals surface area contributed by atoms with E-state index in [2.05, 4.69) is 20.7 Å². The van der Waals surface area contributed by atoms with Gasteiger partial charge in [0.2, 0.25) is 21.8 Å². The third-order valence-electron chi connectivity index (χ3n) is 4.10. The second kappa shape index (κ2) is 12.6. The van der Waals surface area contributed by atoms with Crippen LogP contribution < -0.4 is 26.4 Å². The zero-order valence-corrected chi connectivity index (χ0v) is 17.8. The lowest BCUT2D eigenvalue weighted by atomic mass is 10.1. The Kier molecular flexibility index (Phi) is 10.6. The molecule has 0 saturated heterocycles. The van der Waals surface area contributed by atoms with Crippen LogP contribution in [0, 0.1) is 5.41 Å². The van der Waals surface area contributed by atoms with Crippen LogP contribution in [0.2, 0.25) is 0 Å². The van der Waals surface area contributed by atoms with Crippen LogP contribution in [0.4, 0.5) is 0 Å². The number of hydrogen-bond donors (Lipinski definition) is 7. The van der Waals surface area contributed by atoms with E-state index in [4.69, 9.17) is 11.1 Å². The fraction of sp³-hybridized carbons (Fsp3) is 0.444. The highest BCUT2D eigenvalue weighted by molar-refractivity contribution is 7.89. The first-order valence-electron chi connectivity index (χ1n) is 9.43. The van der Waals surface area contributed by atoms with E-state index in [0.29, 0.717) is 19.3 Å². The summed E-state index contributed by atoms with van der Waals surface area (Å²) in [7, 11) is -4.06. The van der Waals surface area contributed by atoms with Crippen LogP contribution in [-0.2, 0) is 24.4 Å². The van der Waals surface area contributed by atoms with Gasteiger partial charge in [-0.15, -0.1) is 0 Å². The normalized spacial score (nSPS) is 14.0. The standard InChI is InChI=1S/C18H28N6O6S/c1-12(16(27)23-13(10-25)6-5-9-21-18(19)20)22-17(28)15(11-26)24-31(29,30)14-7-3-2-4-8-14/h2-4,7-8,10,12-13,15,24,26H,5-6,9,11H2,1H3,(H,22,28)(H,23,27)(H4,19,20,21)/t12-,13-,15+/m0/s1. The molecular formula is C18H28N6O6S. The minimum atomic E-state index is -4.06. The number of amides is 2. The molecule has 0 spiro atoms. The smallest absolute Gasteiger partial charge is 0.242 e. The summed E-state index contributed by atoms with van der Waals surface area (Å²) >= 11 is 0. The number of carbonyl (C=O) groups excluding carboxylic acids is 3. The number of hydrogen-bond acceptors (Lipinski definition) is 7. The summed E-state index contributed by atoms with van der Waals surface area (Å²) in [6.45, 7) is 0.875. The first-order chi connectivity index (χ1) is 14.6. The fourth-order valence-corrected chi connectivity index (χ4v) is 3.64. The molecule has 0 heterocycles. The van der Waals surface area contributed by atoms with Gasteiger partial charge in [0.15, 0.2) is 5.96 Å². The lowest BCUT2D eigenvalue weighted by Crippen LogP contribution is -2.55. The van der Waals surface area contributed by atoms with E-state index in [1.54, 1.807) is 6.07 Å². The number of aliphatic hydroxyl groups is 1. The minimum absolute atomic E-state index is 0.0832. The number of rotatable bonds is 13. The maximum absolute atomic E-state index is 12.3. The van der Waals surface area contributed by atoms with E-state index in [-0.39, 0.29) is 17.3 Å². The summed E-state index contributed by atoms with van der Waals surface area (Å²) in [5.41, 5.74) is 5.15. The molecule has 0 saturated carbocycles. The summed E-state index contributed by atoms with van der Waals surface area (Å²) < 4.78 is 26.7. The Labute approximate surface area is 180 Å². The molecule has 0 radical (unpaired) electrons. The fourth-order valence-electron chi connectivity index (χ4n) is 2.44. The third-order valence-corrected chi connectivity index (χ3v) is 5.59. The molecule has 13 heteroatoms. The van der Waals surface area contributed by atoms with E-state index in [1.807, 2.05) is 0 Å². The van der Waals surface area contributed by atoms with Gasteiger partial charge < -0.3 is 31.6 Å². The van der Waals surface area contributed by atoms with Gasteiger partial charge in [-0.05, 0) is 31.9 Å².